The van der Waals surface area contributed by atoms with Gasteiger partial charge in [0, 0.05) is 12.3 Å². The zero-order valence-electron chi connectivity index (χ0n) is 26.6. The third-order valence-electron chi connectivity index (χ3n) is 8.92. The molecule has 1 aromatic carbocycles. The van der Waals surface area contributed by atoms with Gasteiger partial charge in [-0.3, -0.25) is 9.13 Å². The van der Waals surface area contributed by atoms with Crippen molar-refractivity contribution in [3.05, 3.63) is 61.2 Å². The second-order valence-electron chi connectivity index (χ2n) is 13.0. The third-order valence-corrected chi connectivity index (χ3v) is 8.92. The predicted octanol–water partition coefficient (Wildman–Crippen LogP) is -0.262. The number of nitrogens with zero attached hydrogens (tertiary/aromatic N) is 8. The van der Waals surface area contributed by atoms with Crippen molar-refractivity contribution in [2.75, 3.05) is 24.7 Å². The summed E-state index contributed by atoms with van der Waals surface area (Å²) in [5.74, 6) is 0.157. The van der Waals surface area contributed by atoms with Gasteiger partial charge in [0.1, 0.15) is 48.1 Å². The summed E-state index contributed by atoms with van der Waals surface area (Å²) in [6.45, 7) is 5.51. The molecule has 7 rings (SSSR count). The Bertz CT molecular complexity index is 1870. The number of fused-ring (bicyclic) bond motifs is 2. The standard InChI is InChI=1S/C21H27N5O3.C10H13N5O4/c1-20(2,3)17-16(28)14(10-27)29-21(17,9-13-7-5-4-6-8-13)26-12-25-15-18(22)23-11-24-19(15)26;11-8-5-9(13-2-12-8)15(3-14-5)10-7(18)6(17)4(1-16)19-10/h4-8,11-12,14,16-17,27-28H,9-10H2,1-3H3,(H2,22,23,24);2-4,6-7,10,16-18H,1H2,(H2,11,12,13)/t14-,16-,17+,21-;4-,6-,7-,10-/m11/s1. The van der Waals surface area contributed by atoms with E-state index < -0.39 is 49.1 Å². The molecule has 2 fully saturated rings. The Kier molecular flexibility index (Phi) is 9.03. The lowest BCUT2D eigenvalue weighted by Gasteiger charge is -2.43. The Balaban J connectivity index is 0.000000182. The van der Waals surface area contributed by atoms with E-state index in [1.807, 2.05) is 34.9 Å². The maximum absolute atomic E-state index is 11.1. The largest absolute Gasteiger partial charge is 0.394 e. The van der Waals surface area contributed by atoms with E-state index in [0.717, 1.165) is 5.56 Å². The lowest BCUT2D eigenvalue weighted by Crippen LogP contribution is -2.49. The van der Waals surface area contributed by atoms with Gasteiger partial charge in [-0.1, -0.05) is 51.1 Å². The first kappa shape index (κ1) is 33.5. The van der Waals surface area contributed by atoms with Gasteiger partial charge in [-0.05, 0) is 11.0 Å². The van der Waals surface area contributed by atoms with E-state index in [-0.39, 0.29) is 29.6 Å². The molecular weight excluding hydrogens is 624 g/mol. The molecule has 5 aromatic rings. The van der Waals surface area contributed by atoms with Crippen LogP contribution in [-0.4, -0.2) is 108 Å². The van der Waals surface area contributed by atoms with Crippen LogP contribution in [0.25, 0.3) is 22.3 Å². The van der Waals surface area contributed by atoms with E-state index >= 15 is 0 Å². The number of nitrogen functional groups attached to an aromatic ring is 2. The number of aliphatic hydroxyl groups is 5. The van der Waals surface area contributed by atoms with E-state index in [4.69, 9.17) is 26.0 Å². The third kappa shape index (κ3) is 5.72. The minimum atomic E-state index is -1.19. The van der Waals surface area contributed by atoms with Gasteiger partial charge >= 0.3 is 0 Å². The molecular formula is C31H40N10O7. The Morgan fingerprint density at radius 3 is 1.98 bits per heavy atom. The second-order valence-corrected chi connectivity index (χ2v) is 13.0. The van der Waals surface area contributed by atoms with Crippen LogP contribution >= 0.6 is 0 Å². The van der Waals surface area contributed by atoms with Gasteiger partial charge in [0.2, 0.25) is 0 Å². The molecule has 0 unspecified atom stereocenters. The summed E-state index contributed by atoms with van der Waals surface area (Å²) in [5, 5.41) is 49.8. The van der Waals surface area contributed by atoms with Crippen molar-refractivity contribution >= 4 is 34.0 Å². The number of ether oxygens (including phenoxy) is 2. The normalized spacial score (nSPS) is 29.0. The van der Waals surface area contributed by atoms with Gasteiger partial charge < -0.3 is 46.5 Å². The van der Waals surface area contributed by atoms with Gasteiger partial charge in [0.25, 0.3) is 0 Å². The number of aromatic nitrogens is 8. The first-order valence-electron chi connectivity index (χ1n) is 15.4. The molecule has 0 radical (unpaired) electrons. The van der Waals surface area contributed by atoms with Crippen LogP contribution in [-0.2, 0) is 21.6 Å². The number of benzene rings is 1. The maximum atomic E-state index is 11.1. The van der Waals surface area contributed by atoms with Gasteiger partial charge in [0.05, 0.1) is 32.0 Å². The van der Waals surface area contributed by atoms with Crippen LogP contribution in [0.1, 0.15) is 32.6 Å². The van der Waals surface area contributed by atoms with Crippen molar-refractivity contribution in [3.8, 4) is 0 Å². The molecule has 6 heterocycles. The summed E-state index contributed by atoms with van der Waals surface area (Å²) in [7, 11) is 0. The van der Waals surface area contributed by atoms with Crippen LogP contribution in [0, 0.1) is 11.3 Å². The summed E-state index contributed by atoms with van der Waals surface area (Å²) < 4.78 is 15.2. The zero-order chi connectivity index (χ0) is 34.4. The molecule has 2 saturated heterocycles. The summed E-state index contributed by atoms with van der Waals surface area (Å²) in [6.07, 6.45) is 0.503. The summed E-state index contributed by atoms with van der Waals surface area (Å²) >= 11 is 0. The molecule has 0 spiro atoms. The molecule has 8 atom stereocenters. The topological polar surface area (TPSA) is 259 Å². The highest BCUT2D eigenvalue weighted by Gasteiger charge is 2.60. The minimum Gasteiger partial charge on any atom is -0.394 e. The average Bonchev–Trinajstić information content (AvgIpc) is 3.82. The van der Waals surface area contributed by atoms with E-state index in [9.17, 15) is 20.4 Å². The van der Waals surface area contributed by atoms with Crippen LogP contribution in [0.5, 0.6) is 0 Å². The van der Waals surface area contributed by atoms with Gasteiger partial charge in [-0.15, -0.1) is 0 Å². The molecule has 17 heteroatoms. The summed E-state index contributed by atoms with van der Waals surface area (Å²) in [6, 6.07) is 9.93. The van der Waals surface area contributed by atoms with Crippen LogP contribution in [0.3, 0.4) is 0 Å². The number of nitrogens with two attached hydrogens (primary N) is 2. The minimum absolute atomic E-state index is 0.218. The molecule has 0 aliphatic carbocycles. The number of aliphatic hydroxyl groups excluding tert-OH is 5. The van der Waals surface area contributed by atoms with Crippen molar-refractivity contribution in [2.24, 2.45) is 11.3 Å². The van der Waals surface area contributed by atoms with Crippen molar-refractivity contribution in [2.45, 2.75) is 69.7 Å². The van der Waals surface area contributed by atoms with Crippen LogP contribution in [0.4, 0.5) is 11.6 Å². The summed E-state index contributed by atoms with van der Waals surface area (Å²) in [5.41, 5.74) is 13.2. The molecule has 2 aliphatic rings. The van der Waals surface area contributed by atoms with Crippen LogP contribution in [0.15, 0.2) is 55.6 Å². The second kappa shape index (κ2) is 12.9. The number of rotatable bonds is 6. The SMILES string of the molecule is CC(C)(C)[C@@H]1[C@H](O)[C@@H](CO)O[C@@]1(Cc1ccccc1)n1cnc2c(N)ncnc21.Nc1ncnc2c1ncn2[C@@H]1O[C@H](CO)[C@@H](O)[C@H]1O. The molecule has 9 N–H and O–H groups in total. The Labute approximate surface area is 274 Å². The molecule has 0 amide bonds. The maximum Gasteiger partial charge on any atom is 0.167 e. The molecule has 0 saturated carbocycles. The lowest BCUT2D eigenvalue weighted by atomic mass is 9.70. The molecule has 2 aliphatic heterocycles. The Morgan fingerprint density at radius 2 is 1.38 bits per heavy atom. The van der Waals surface area contributed by atoms with Crippen molar-refractivity contribution < 1.29 is 35.0 Å². The lowest BCUT2D eigenvalue weighted by molar-refractivity contribution is -0.141. The fourth-order valence-electron chi connectivity index (χ4n) is 6.85. The molecule has 256 valence electrons. The number of hydrogen-bond donors (Lipinski definition) is 7. The van der Waals surface area contributed by atoms with E-state index in [1.165, 1.54) is 23.5 Å². The summed E-state index contributed by atoms with van der Waals surface area (Å²) in [4.78, 5) is 24.8. The van der Waals surface area contributed by atoms with E-state index in [0.29, 0.717) is 28.7 Å². The highest BCUT2D eigenvalue weighted by Crippen LogP contribution is 2.51. The van der Waals surface area contributed by atoms with Gasteiger partial charge in [-0.2, -0.15) is 0 Å². The first-order chi connectivity index (χ1) is 22.9. The number of hydrogen-bond acceptors (Lipinski definition) is 15. The number of anilines is 2. The number of imidazole rings is 2. The smallest absolute Gasteiger partial charge is 0.167 e. The average molecular weight is 665 g/mol. The fourth-order valence-corrected chi connectivity index (χ4v) is 6.85. The predicted molar refractivity (Wildman–Crippen MR) is 172 cm³/mol. The van der Waals surface area contributed by atoms with Crippen molar-refractivity contribution in [1.82, 2.24) is 39.0 Å². The molecule has 48 heavy (non-hydrogen) atoms. The van der Waals surface area contributed by atoms with Crippen LogP contribution < -0.4 is 11.5 Å². The highest BCUT2D eigenvalue weighted by molar-refractivity contribution is 5.82. The quantitative estimate of drug-likeness (QED) is 0.123. The van der Waals surface area contributed by atoms with E-state index in [2.05, 4.69) is 50.7 Å². The molecule has 17 nitrogen and oxygen atoms in total. The fraction of sp³-hybridized carbons (Fsp3) is 0.484. The Morgan fingerprint density at radius 1 is 0.771 bits per heavy atom. The highest BCUT2D eigenvalue weighted by atomic mass is 16.6. The zero-order valence-corrected chi connectivity index (χ0v) is 26.6. The van der Waals surface area contributed by atoms with Crippen LogP contribution in [0.2, 0.25) is 0 Å². The van der Waals surface area contributed by atoms with Crippen molar-refractivity contribution in [1.29, 1.82) is 0 Å². The molecule has 4 aromatic heterocycles. The van der Waals surface area contributed by atoms with E-state index in [1.54, 1.807) is 6.33 Å². The van der Waals surface area contributed by atoms with Gasteiger partial charge in [-0.25, -0.2) is 29.9 Å². The molecule has 0 bridgehead atoms. The van der Waals surface area contributed by atoms with Gasteiger partial charge in [0.15, 0.2) is 34.9 Å². The van der Waals surface area contributed by atoms with Crippen molar-refractivity contribution in [3.63, 3.8) is 0 Å². The monoisotopic (exact) mass is 664 g/mol. The Hall–Kier alpha value is -4.36. The first-order valence-corrected chi connectivity index (χ1v) is 15.4.